The van der Waals surface area contributed by atoms with Crippen molar-refractivity contribution < 1.29 is 4.74 Å². The Morgan fingerprint density at radius 2 is 2.26 bits per heavy atom. The zero-order valence-electron chi connectivity index (χ0n) is 12.5. The Morgan fingerprint density at radius 1 is 1.47 bits per heavy atom. The van der Waals surface area contributed by atoms with E-state index < -0.39 is 0 Å². The van der Waals surface area contributed by atoms with Gasteiger partial charge >= 0.3 is 0 Å². The average Bonchev–Trinajstić information content (AvgIpc) is 2.73. The number of likely N-dealkylation sites (N-methyl/N-ethyl adjacent to an activating group) is 1. The van der Waals surface area contributed by atoms with Crippen LogP contribution in [0.3, 0.4) is 0 Å². The molecule has 1 saturated heterocycles. The second kappa shape index (κ2) is 6.03. The number of nitrogens with zero attached hydrogens (tertiary/aromatic N) is 3. The first kappa shape index (κ1) is 14.5. The maximum absolute atomic E-state index is 5.81. The summed E-state index contributed by atoms with van der Waals surface area (Å²) in [5.74, 6) is 0. The first-order valence-electron chi connectivity index (χ1n) is 6.98. The van der Waals surface area contributed by atoms with Gasteiger partial charge in [0.05, 0.1) is 31.3 Å². The molecule has 19 heavy (non-hydrogen) atoms. The van der Waals surface area contributed by atoms with Crippen LogP contribution < -0.4 is 5.32 Å². The number of imidazole rings is 1. The molecule has 0 bridgehead atoms. The lowest BCUT2D eigenvalue weighted by Crippen LogP contribution is -2.42. The minimum atomic E-state index is 0.122. The van der Waals surface area contributed by atoms with Crippen molar-refractivity contribution in [2.24, 2.45) is 0 Å². The molecular formula is C14H26N4O. The second-order valence-corrected chi connectivity index (χ2v) is 6.40. The molecule has 5 nitrogen and oxygen atoms in total. The predicted octanol–water partition coefficient (Wildman–Crippen LogP) is 1.10. The second-order valence-electron chi connectivity index (χ2n) is 6.40. The summed E-state index contributed by atoms with van der Waals surface area (Å²) in [6.07, 6.45) is 4.10. The summed E-state index contributed by atoms with van der Waals surface area (Å²) in [6.45, 7) is 11.1. The zero-order valence-corrected chi connectivity index (χ0v) is 12.5. The quantitative estimate of drug-likeness (QED) is 0.886. The maximum atomic E-state index is 5.81. The Labute approximate surface area is 116 Å². The third-order valence-corrected chi connectivity index (χ3v) is 3.34. The topological polar surface area (TPSA) is 42.3 Å². The van der Waals surface area contributed by atoms with E-state index >= 15 is 0 Å². The first-order valence-corrected chi connectivity index (χ1v) is 6.98. The summed E-state index contributed by atoms with van der Waals surface area (Å²) in [4.78, 5) is 6.58. The molecule has 1 unspecified atom stereocenters. The number of ether oxygens (including phenoxy) is 1. The molecule has 5 heteroatoms. The lowest BCUT2D eigenvalue weighted by atomic mass is 10.1. The van der Waals surface area contributed by atoms with Crippen molar-refractivity contribution in [2.45, 2.75) is 45.5 Å². The number of hydrogen-bond donors (Lipinski definition) is 1. The first-order chi connectivity index (χ1) is 8.94. The van der Waals surface area contributed by atoms with E-state index in [2.05, 4.69) is 47.6 Å². The van der Waals surface area contributed by atoms with Crippen molar-refractivity contribution >= 4 is 0 Å². The van der Waals surface area contributed by atoms with E-state index in [4.69, 9.17) is 4.74 Å². The van der Waals surface area contributed by atoms with Gasteiger partial charge in [-0.3, -0.25) is 0 Å². The molecule has 0 spiro atoms. The molecule has 1 aromatic rings. The van der Waals surface area contributed by atoms with Crippen LogP contribution in [0.25, 0.3) is 0 Å². The van der Waals surface area contributed by atoms with Gasteiger partial charge in [0.15, 0.2) is 0 Å². The molecular weight excluding hydrogens is 240 g/mol. The van der Waals surface area contributed by atoms with Gasteiger partial charge < -0.3 is 19.5 Å². The molecule has 2 rings (SSSR count). The minimum absolute atomic E-state index is 0.122. The summed E-state index contributed by atoms with van der Waals surface area (Å²) in [7, 11) is 2.14. The largest absolute Gasteiger partial charge is 0.374 e. The monoisotopic (exact) mass is 266 g/mol. The highest BCUT2D eigenvalue weighted by Gasteiger charge is 2.19. The number of nitrogens with one attached hydrogen (secondary N) is 1. The molecule has 1 N–H and O–H groups in total. The molecule has 0 saturated carbocycles. The highest BCUT2D eigenvalue weighted by atomic mass is 16.5. The summed E-state index contributed by atoms with van der Waals surface area (Å²) >= 11 is 0. The molecule has 2 heterocycles. The Bertz CT molecular complexity index is 396. The third kappa shape index (κ3) is 4.60. The number of morpholine rings is 1. The fraction of sp³-hybridized carbons (Fsp3) is 0.786. The van der Waals surface area contributed by atoms with Crippen molar-refractivity contribution in [2.75, 3.05) is 26.7 Å². The highest BCUT2D eigenvalue weighted by molar-refractivity contribution is 4.99. The van der Waals surface area contributed by atoms with Crippen LogP contribution in [-0.4, -0.2) is 52.8 Å². The van der Waals surface area contributed by atoms with Crippen LogP contribution in [0.2, 0.25) is 0 Å². The summed E-state index contributed by atoms with van der Waals surface area (Å²) in [5, 5.41) is 3.50. The van der Waals surface area contributed by atoms with Crippen LogP contribution in [0, 0.1) is 0 Å². The van der Waals surface area contributed by atoms with Gasteiger partial charge in [0.1, 0.15) is 0 Å². The van der Waals surface area contributed by atoms with E-state index in [9.17, 15) is 0 Å². The van der Waals surface area contributed by atoms with E-state index in [0.29, 0.717) is 0 Å². The molecule has 1 fully saturated rings. The molecule has 1 aromatic heterocycles. The number of hydrogen-bond acceptors (Lipinski definition) is 4. The summed E-state index contributed by atoms with van der Waals surface area (Å²) in [6, 6.07) is 0. The molecule has 0 amide bonds. The van der Waals surface area contributed by atoms with Gasteiger partial charge in [0, 0.05) is 31.4 Å². The fourth-order valence-electron chi connectivity index (χ4n) is 2.21. The standard InChI is InChI=1S/C14H26N4O/c1-14(2,3)16-8-12-7-15-11-18(12)10-13-9-17(4)5-6-19-13/h7,11,13,16H,5-6,8-10H2,1-4H3. The Morgan fingerprint density at radius 3 is 2.95 bits per heavy atom. The Balaban J connectivity index is 1.91. The van der Waals surface area contributed by atoms with Crippen LogP contribution in [0.5, 0.6) is 0 Å². The number of aromatic nitrogens is 2. The van der Waals surface area contributed by atoms with Crippen LogP contribution in [0.4, 0.5) is 0 Å². The third-order valence-electron chi connectivity index (χ3n) is 3.34. The number of rotatable bonds is 4. The van der Waals surface area contributed by atoms with Crippen LogP contribution in [0.1, 0.15) is 26.5 Å². The van der Waals surface area contributed by atoms with Gasteiger partial charge in [-0.15, -0.1) is 0 Å². The van der Waals surface area contributed by atoms with Crippen molar-refractivity contribution in [3.05, 3.63) is 18.2 Å². The normalized spacial score (nSPS) is 21.8. The lowest BCUT2D eigenvalue weighted by Gasteiger charge is -2.30. The summed E-state index contributed by atoms with van der Waals surface area (Å²) in [5.41, 5.74) is 1.34. The van der Waals surface area contributed by atoms with Gasteiger partial charge in [-0.2, -0.15) is 0 Å². The molecule has 1 aliphatic rings. The van der Waals surface area contributed by atoms with Crippen LogP contribution >= 0.6 is 0 Å². The van der Waals surface area contributed by atoms with E-state index in [0.717, 1.165) is 32.8 Å². The van der Waals surface area contributed by atoms with E-state index in [-0.39, 0.29) is 11.6 Å². The van der Waals surface area contributed by atoms with Gasteiger partial charge in [0.2, 0.25) is 0 Å². The average molecular weight is 266 g/mol. The maximum Gasteiger partial charge on any atom is 0.0949 e. The van der Waals surface area contributed by atoms with Gasteiger partial charge in [-0.25, -0.2) is 4.98 Å². The van der Waals surface area contributed by atoms with E-state index in [1.165, 1.54) is 5.69 Å². The highest BCUT2D eigenvalue weighted by Crippen LogP contribution is 2.09. The van der Waals surface area contributed by atoms with Crippen molar-refractivity contribution in [1.29, 1.82) is 0 Å². The summed E-state index contributed by atoms with van der Waals surface area (Å²) < 4.78 is 8.01. The smallest absolute Gasteiger partial charge is 0.0949 e. The lowest BCUT2D eigenvalue weighted by molar-refractivity contribution is -0.0278. The predicted molar refractivity (Wildman–Crippen MR) is 76.1 cm³/mol. The molecule has 0 aliphatic carbocycles. The Kier molecular flexibility index (Phi) is 4.60. The van der Waals surface area contributed by atoms with Gasteiger partial charge in [-0.05, 0) is 27.8 Å². The van der Waals surface area contributed by atoms with Crippen molar-refractivity contribution in [1.82, 2.24) is 19.8 Å². The van der Waals surface area contributed by atoms with Crippen LogP contribution in [-0.2, 0) is 17.8 Å². The van der Waals surface area contributed by atoms with E-state index in [1.54, 1.807) is 0 Å². The van der Waals surface area contributed by atoms with Crippen molar-refractivity contribution in [3.8, 4) is 0 Å². The molecule has 0 radical (unpaired) electrons. The van der Waals surface area contributed by atoms with Crippen LogP contribution in [0.15, 0.2) is 12.5 Å². The SMILES string of the molecule is CN1CCOC(Cn2cncc2CNC(C)(C)C)C1. The van der Waals surface area contributed by atoms with Gasteiger partial charge in [-0.1, -0.05) is 0 Å². The fourth-order valence-corrected chi connectivity index (χ4v) is 2.21. The molecule has 1 atom stereocenters. The Hall–Kier alpha value is -0.910. The van der Waals surface area contributed by atoms with Gasteiger partial charge in [0.25, 0.3) is 0 Å². The minimum Gasteiger partial charge on any atom is -0.374 e. The molecule has 0 aromatic carbocycles. The molecule has 108 valence electrons. The zero-order chi connectivity index (χ0) is 13.9. The molecule has 1 aliphatic heterocycles. The van der Waals surface area contributed by atoms with Crippen molar-refractivity contribution in [3.63, 3.8) is 0 Å². The van der Waals surface area contributed by atoms with E-state index in [1.807, 2.05) is 12.5 Å².